The van der Waals surface area contributed by atoms with Crippen molar-refractivity contribution in [2.45, 2.75) is 76.6 Å². The van der Waals surface area contributed by atoms with Crippen molar-refractivity contribution in [2.75, 3.05) is 26.7 Å². The summed E-state index contributed by atoms with van der Waals surface area (Å²) >= 11 is 0. The molecule has 1 aliphatic carbocycles. The van der Waals surface area contributed by atoms with E-state index in [0.717, 1.165) is 11.9 Å². The summed E-state index contributed by atoms with van der Waals surface area (Å²) in [5.41, 5.74) is -0.936. The van der Waals surface area contributed by atoms with Crippen molar-refractivity contribution in [1.82, 2.24) is 25.8 Å². The molecule has 3 aliphatic rings. The molecule has 10 nitrogen and oxygen atoms in total. The predicted octanol–water partition coefficient (Wildman–Crippen LogP) is 1.32. The van der Waals surface area contributed by atoms with Crippen LogP contribution in [0.5, 0.6) is 0 Å². The molecule has 230 valence electrons. The van der Waals surface area contributed by atoms with E-state index in [0.29, 0.717) is 11.3 Å². The van der Waals surface area contributed by atoms with E-state index in [1.165, 1.54) is 5.32 Å². The van der Waals surface area contributed by atoms with Crippen LogP contribution >= 0.6 is 0 Å². The number of carbonyl (C=O) groups is 4. The predicted molar refractivity (Wildman–Crippen MR) is 130 cm³/mol. The molecular weight excluding hydrogens is 562 g/mol. The molecule has 0 radical (unpaired) electrons. The third kappa shape index (κ3) is 7.41. The van der Waals surface area contributed by atoms with Crippen LogP contribution in [0.1, 0.15) is 40.5 Å². The van der Waals surface area contributed by atoms with E-state index in [2.05, 4.69) is 10.6 Å². The Kier molecular flexibility index (Phi) is 8.66. The minimum absolute atomic E-state index is 0.0117. The van der Waals surface area contributed by atoms with Crippen LogP contribution in [0.4, 0.5) is 26.3 Å². The number of carbonyl (C=O) groups excluding carboxylic acids is 4. The number of hydrogen-bond donors (Lipinski definition) is 3. The third-order valence-corrected chi connectivity index (χ3v) is 8.15. The maximum absolute atomic E-state index is 13.5. The van der Waals surface area contributed by atoms with Crippen LogP contribution in [-0.2, 0) is 19.2 Å². The summed E-state index contributed by atoms with van der Waals surface area (Å²) in [6.07, 6.45) is -9.73. The quantitative estimate of drug-likeness (QED) is 0.344. The van der Waals surface area contributed by atoms with Gasteiger partial charge in [-0.2, -0.15) is 31.6 Å². The van der Waals surface area contributed by atoms with E-state index < -0.39 is 84.1 Å². The molecule has 6 atom stereocenters. The number of nitriles is 1. The lowest BCUT2D eigenvalue weighted by atomic mass is 9.91. The number of likely N-dealkylation sites (tertiary alicyclic amines) is 1. The smallest absolute Gasteiger partial charge is 0.351 e. The van der Waals surface area contributed by atoms with Crippen LogP contribution in [-0.4, -0.2) is 96.1 Å². The first-order valence-electron chi connectivity index (χ1n) is 13.0. The van der Waals surface area contributed by atoms with Crippen LogP contribution in [0, 0.1) is 34.5 Å². The molecule has 3 fully saturated rings. The molecule has 0 aromatic carbocycles. The maximum Gasteiger partial charge on any atom is 0.471 e. The summed E-state index contributed by atoms with van der Waals surface area (Å²) < 4.78 is 77.7. The monoisotopic (exact) mass is 596 g/mol. The fourth-order valence-electron chi connectivity index (χ4n) is 6.19. The van der Waals surface area contributed by atoms with Crippen LogP contribution in [0.25, 0.3) is 0 Å². The second-order valence-corrected chi connectivity index (χ2v) is 12.4. The van der Waals surface area contributed by atoms with E-state index in [1.54, 1.807) is 0 Å². The van der Waals surface area contributed by atoms with Gasteiger partial charge in [-0.15, -0.1) is 0 Å². The van der Waals surface area contributed by atoms with Gasteiger partial charge in [0, 0.05) is 24.5 Å². The molecule has 0 bridgehead atoms. The van der Waals surface area contributed by atoms with E-state index in [-0.39, 0.29) is 24.8 Å². The van der Waals surface area contributed by atoms with Crippen molar-refractivity contribution in [1.29, 1.82) is 5.26 Å². The first-order valence-corrected chi connectivity index (χ1v) is 13.0. The van der Waals surface area contributed by atoms with Gasteiger partial charge in [-0.1, -0.05) is 13.8 Å². The van der Waals surface area contributed by atoms with Crippen LogP contribution in [0.15, 0.2) is 0 Å². The minimum atomic E-state index is -5.41. The molecule has 2 saturated heterocycles. The zero-order valence-electron chi connectivity index (χ0n) is 23.2. The Morgan fingerprint density at radius 1 is 1.15 bits per heavy atom. The van der Waals surface area contributed by atoms with E-state index in [1.807, 2.05) is 33.8 Å². The third-order valence-electron chi connectivity index (χ3n) is 8.15. The highest BCUT2D eigenvalue weighted by Gasteiger charge is 2.69. The topological polar surface area (TPSA) is 135 Å². The number of amides is 4. The Hall–Kier alpha value is -3.09. The van der Waals surface area contributed by atoms with E-state index in [4.69, 9.17) is 0 Å². The van der Waals surface area contributed by atoms with Crippen molar-refractivity contribution < 1.29 is 45.5 Å². The highest BCUT2D eigenvalue weighted by atomic mass is 19.4. The van der Waals surface area contributed by atoms with Crippen LogP contribution < -0.4 is 16.0 Å². The summed E-state index contributed by atoms with van der Waals surface area (Å²) in [4.78, 5) is 52.5. The molecule has 1 saturated carbocycles. The van der Waals surface area contributed by atoms with Gasteiger partial charge in [0.2, 0.25) is 17.7 Å². The van der Waals surface area contributed by atoms with Crippen molar-refractivity contribution in [2.24, 2.45) is 23.2 Å². The molecule has 3 N–H and O–H groups in total. The largest absolute Gasteiger partial charge is 0.471 e. The van der Waals surface area contributed by atoms with Crippen LogP contribution in [0.3, 0.4) is 0 Å². The fraction of sp³-hybridized carbons (Fsp3) is 0.800. The van der Waals surface area contributed by atoms with Gasteiger partial charge in [-0.25, -0.2) is 0 Å². The van der Waals surface area contributed by atoms with Gasteiger partial charge >= 0.3 is 18.3 Å². The van der Waals surface area contributed by atoms with Crippen molar-refractivity contribution in [3.63, 3.8) is 0 Å². The number of rotatable bonds is 9. The lowest BCUT2D eigenvalue weighted by Gasteiger charge is -2.34. The molecular formula is C25H34F6N6O4. The molecule has 1 unspecified atom stereocenters. The lowest BCUT2D eigenvalue weighted by Crippen LogP contribution is -2.60. The Bertz CT molecular complexity index is 1120. The fourth-order valence-corrected chi connectivity index (χ4v) is 6.19. The molecule has 16 heteroatoms. The molecule has 0 aromatic rings. The molecule has 41 heavy (non-hydrogen) atoms. The molecule has 0 aromatic heterocycles. The Labute approximate surface area is 233 Å². The Morgan fingerprint density at radius 3 is 2.24 bits per heavy atom. The maximum atomic E-state index is 13.5. The van der Waals surface area contributed by atoms with Gasteiger partial charge in [0.05, 0.1) is 12.6 Å². The zero-order valence-corrected chi connectivity index (χ0v) is 23.2. The number of nitrogens with one attached hydrogen (secondary N) is 3. The zero-order chi connectivity index (χ0) is 31.3. The van der Waals surface area contributed by atoms with Crippen molar-refractivity contribution in [3.05, 3.63) is 0 Å². The molecule has 0 spiro atoms. The summed E-state index contributed by atoms with van der Waals surface area (Å²) in [5, 5.41) is 16.5. The van der Waals surface area contributed by atoms with E-state index in [9.17, 15) is 50.8 Å². The average molecular weight is 597 g/mol. The molecule has 2 heterocycles. The number of halogens is 6. The van der Waals surface area contributed by atoms with Crippen LogP contribution in [0.2, 0.25) is 0 Å². The number of hydrogen-bond acceptors (Lipinski definition) is 6. The summed E-state index contributed by atoms with van der Waals surface area (Å²) in [5.74, 6) is -5.95. The normalized spacial score (nSPS) is 27.9. The highest BCUT2D eigenvalue weighted by Crippen LogP contribution is 2.65. The Balaban J connectivity index is 1.81. The Morgan fingerprint density at radius 2 is 1.76 bits per heavy atom. The van der Waals surface area contributed by atoms with Gasteiger partial charge in [0.1, 0.15) is 18.1 Å². The molecule has 3 rings (SSSR count). The molecule has 2 aliphatic heterocycles. The first kappa shape index (κ1) is 32.4. The number of fused-ring (bicyclic) bond motifs is 1. The average Bonchev–Trinajstić information content (AvgIpc) is 3.09. The number of piperidine rings is 1. The lowest BCUT2D eigenvalue weighted by molar-refractivity contribution is -0.175. The highest BCUT2D eigenvalue weighted by molar-refractivity contribution is 5.94. The SMILES string of the molecule is CN(CC(NC(=O)C(F)(F)F)C(=O)N1C[C@H]2[C@@H]([C@H]1C(=O)N[C@H](C#N)C[C@@H]1CC(C)(C)NC1=O)C2(C)C)CC(F)(F)F. The number of likely N-dealkylation sites (N-methyl/N-ethyl adjacent to an activating group) is 1. The van der Waals surface area contributed by atoms with Crippen molar-refractivity contribution in [3.8, 4) is 6.07 Å². The van der Waals surface area contributed by atoms with Crippen molar-refractivity contribution >= 4 is 23.6 Å². The molecule has 4 amide bonds. The second kappa shape index (κ2) is 11.0. The van der Waals surface area contributed by atoms with Gasteiger partial charge in [-0.05, 0) is 51.0 Å². The second-order valence-electron chi connectivity index (χ2n) is 12.4. The van der Waals surface area contributed by atoms with Gasteiger partial charge in [-0.3, -0.25) is 24.1 Å². The van der Waals surface area contributed by atoms with Gasteiger partial charge < -0.3 is 20.9 Å². The van der Waals surface area contributed by atoms with Gasteiger partial charge in [0.25, 0.3) is 0 Å². The summed E-state index contributed by atoms with van der Waals surface area (Å²) in [6, 6.07) is -2.48. The summed E-state index contributed by atoms with van der Waals surface area (Å²) in [7, 11) is 0.931. The number of alkyl halides is 6. The minimum Gasteiger partial charge on any atom is -0.351 e. The first-order chi connectivity index (χ1) is 18.6. The standard InChI is InChI=1S/C25H34F6N6O4/c1-22(2)7-12(18(38)35-22)6-13(8-32)33-19(39)17-16-14(23(16,3)4)9-37(17)20(40)15(34-21(41)25(29,30)31)10-36(5)11-24(26,27)28/h12-17H,6-7,9-11H2,1-5H3,(H,33,39)(H,34,41)(H,35,38)/t12-,13+,14+,15?,16+,17+/m1/s1. The summed E-state index contributed by atoms with van der Waals surface area (Å²) in [6.45, 7) is 4.73. The van der Waals surface area contributed by atoms with E-state index >= 15 is 0 Å². The van der Waals surface area contributed by atoms with Gasteiger partial charge in [0.15, 0.2) is 0 Å². The number of nitrogens with zero attached hydrogens (tertiary/aromatic N) is 3.